The number of carbonyl (C=O) groups is 1. The summed E-state index contributed by atoms with van der Waals surface area (Å²) < 4.78 is 15.7. The zero-order chi connectivity index (χ0) is 26.6. The molecule has 0 spiro atoms. The molecule has 0 radical (unpaired) electrons. The number of thioether (sulfide) groups is 1. The highest BCUT2D eigenvalue weighted by Gasteiger charge is 2.22. The van der Waals surface area contributed by atoms with E-state index in [9.17, 15) is 9.59 Å². The Morgan fingerprint density at radius 1 is 1.21 bits per heavy atom. The molecule has 0 saturated carbocycles. The number of nitrogens with zero attached hydrogens (tertiary/aromatic N) is 3. The Morgan fingerprint density at radius 2 is 1.97 bits per heavy atom. The SMILES string of the molecule is CCOc1ccccc1-n1c(=S)sc2c(=O)n(-c3ccccc3C)c(SCC(=O)NCC3CCCO3)nc21. The molecule has 0 bridgehead atoms. The van der Waals surface area contributed by atoms with Gasteiger partial charge in [-0.05, 0) is 62.7 Å². The number of thiazole rings is 1. The fourth-order valence-corrected chi connectivity index (χ4v) is 6.52. The van der Waals surface area contributed by atoms with Gasteiger partial charge in [-0.25, -0.2) is 4.98 Å². The van der Waals surface area contributed by atoms with Gasteiger partial charge in [-0.3, -0.25) is 18.7 Å². The van der Waals surface area contributed by atoms with E-state index >= 15 is 0 Å². The molecule has 3 heterocycles. The normalized spacial score (nSPS) is 15.2. The topological polar surface area (TPSA) is 87.4 Å². The van der Waals surface area contributed by atoms with Gasteiger partial charge in [0, 0.05) is 13.2 Å². The summed E-state index contributed by atoms with van der Waals surface area (Å²) in [5.41, 5.74) is 2.58. The van der Waals surface area contributed by atoms with E-state index < -0.39 is 0 Å². The molecule has 8 nitrogen and oxygen atoms in total. The van der Waals surface area contributed by atoms with Crippen LogP contribution in [0.15, 0.2) is 58.5 Å². The third-order valence-electron chi connectivity index (χ3n) is 6.22. The van der Waals surface area contributed by atoms with Crippen LogP contribution in [0, 0.1) is 10.9 Å². The van der Waals surface area contributed by atoms with Crippen molar-refractivity contribution in [3.05, 3.63) is 68.4 Å². The van der Waals surface area contributed by atoms with Crippen molar-refractivity contribution < 1.29 is 14.3 Å². The number of hydrogen-bond acceptors (Lipinski definition) is 8. The number of hydrogen-bond donors (Lipinski definition) is 1. The molecule has 11 heteroatoms. The second kappa shape index (κ2) is 11.8. The van der Waals surface area contributed by atoms with E-state index in [-0.39, 0.29) is 23.3 Å². The third-order valence-corrected chi connectivity index (χ3v) is 8.51. The minimum absolute atomic E-state index is 0.0595. The molecule has 38 heavy (non-hydrogen) atoms. The molecule has 1 unspecified atom stereocenters. The van der Waals surface area contributed by atoms with Crippen LogP contribution in [0.3, 0.4) is 0 Å². The number of nitrogens with one attached hydrogen (secondary N) is 1. The average Bonchev–Trinajstić information content (AvgIpc) is 3.55. The zero-order valence-electron chi connectivity index (χ0n) is 21.1. The lowest BCUT2D eigenvalue weighted by Crippen LogP contribution is -2.33. The summed E-state index contributed by atoms with van der Waals surface area (Å²) in [4.78, 5) is 31.6. The molecule has 198 valence electrons. The summed E-state index contributed by atoms with van der Waals surface area (Å²) in [7, 11) is 0. The van der Waals surface area contributed by atoms with Gasteiger partial charge < -0.3 is 14.8 Å². The summed E-state index contributed by atoms with van der Waals surface area (Å²) in [6.45, 7) is 5.57. The predicted molar refractivity (Wildman–Crippen MR) is 154 cm³/mol. The van der Waals surface area contributed by atoms with Crippen LogP contribution in [0.1, 0.15) is 25.3 Å². The van der Waals surface area contributed by atoms with Crippen molar-refractivity contribution in [2.75, 3.05) is 25.5 Å². The maximum Gasteiger partial charge on any atom is 0.278 e. The molecule has 4 aromatic rings. The molecule has 1 aliphatic heterocycles. The van der Waals surface area contributed by atoms with Crippen molar-refractivity contribution >= 4 is 51.6 Å². The van der Waals surface area contributed by atoms with Gasteiger partial charge in [0.05, 0.1) is 29.8 Å². The first-order valence-corrected chi connectivity index (χ1v) is 14.7. The number of aromatic nitrogens is 3. The number of carbonyl (C=O) groups excluding carboxylic acids is 1. The molecule has 1 aliphatic rings. The Labute approximate surface area is 233 Å². The highest BCUT2D eigenvalue weighted by atomic mass is 32.2. The smallest absolute Gasteiger partial charge is 0.278 e. The van der Waals surface area contributed by atoms with Gasteiger partial charge in [-0.1, -0.05) is 53.4 Å². The standard InChI is InChI=1S/C27H28N4O4S3/c1-3-34-21-13-7-6-12-20(21)30-24-23(38-27(30)36)25(33)31(19-11-5-4-9-17(19)2)26(29-24)37-16-22(32)28-15-18-10-8-14-35-18/h4-7,9,11-13,18H,3,8,10,14-16H2,1-2H3,(H,28,32). The fraction of sp³-hybridized carbons (Fsp3) is 0.333. The van der Waals surface area contributed by atoms with Gasteiger partial charge >= 0.3 is 0 Å². The largest absolute Gasteiger partial charge is 0.492 e. The zero-order valence-corrected chi connectivity index (χ0v) is 23.6. The number of ether oxygens (including phenoxy) is 2. The second-order valence-electron chi connectivity index (χ2n) is 8.81. The minimum Gasteiger partial charge on any atom is -0.492 e. The number of amides is 1. The molecule has 1 saturated heterocycles. The molecular formula is C27H28N4O4S3. The quantitative estimate of drug-likeness (QED) is 0.172. The van der Waals surface area contributed by atoms with Crippen LogP contribution in [0.2, 0.25) is 0 Å². The Morgan fingerprint density at radius 3 is 2.71 bits per heavy atom. The summed E-state index contributed by atoms with van der Waals surface area (Å²) in [5, 5.41) is 3.36. The van der Waals surface area contributed by atoms with Gasteiger partial charge in [0.15, 0.2) is 14.8 Å². The Hall–Kier alpha value is -2.99. The van der Waals surface area contributed by atoms with Crippen LogP contribution in [0.25, 0.3) is 21.7 Å². The average molecular weight is 569 g/mol. The van der Waals surface area contributed by atoms with Gasteiger partial charge in [0.2, 0.25) is 5.91 Å². The summed E-state index contributed by atoms with van der Waals surface area (Å²) in [6, 6.07) is 15.2. The first-order valence-electron chi connectivity index (χ1n) is 12.5. The number of fused-ring (bicyclic) bond motifs is 1. The van der Waals surface area contributed by atoms with Crippen molar-refractivity contribution in [2.45, 2.75) is 37.9 Å². The van der Waals surface area contributed by atoms with E-state index in [0.717, 1.165) is 36.4 Å². The molecule has 1 amide bonds. The van der Waals surface area contributed by atoms with E-state index in [4.69, 9.17) is 26.7 Å². The lowest BCUT2D eigenvalue weighted by atomic mass is 10.2. The van der Waals surface area contributed by atoms with E-state index in [1.807, 2.05) is 62.4 Å². The van der Waals surface area contributed by atoms with Crippen LogP contribution in [0.4, 0.5) is 0 Å². The number of benzene rings is 2. The van der Waals surface area contributed by atoms with E-state index in [2.05, 4.69) is 5.32 Å². The van der Waals surface area contributed by atoms with Crippen LogP contribution in [-0.4, -0.2) is 51.6 Å². The van der Waals surface area contributed by atoms with Gasteiger partial charge in [0.25, 0.3) is 5.56 Å². The first-order chi connectivity index (χ1) is 18.5. The lowest BCUT2D eigenvalue weighted by Gasteiger charge is -2.16. The number of aryl methyl sites for hydroxylation is 1. The third kappa shape index (κ3) is 5.42. The Kier molecular flexibility index (Phi) is 8.27. The van der Waals surface area contributed by atoms with E-state index in [0.29, 0.717) is 38.4 Å². The molecule has 2 aromatic heterocycles. The predicted octanol–water partition coefficient (Wildman–Crippen LogP) is 5.06. The molecular weight excluding hydrogens is 541 g/mol. The number of para-hydroxylation sites is 3. The summed E-state index contributed by atoms with van der Waals surface area (Å²) in [5.74, 6) is 0.621. The number of rotatable bonds is 9. The van der Waals surface area contributed by atoms with Gasteiger partial charge in [-0.15, -0.1) is 0 Å². The lowest BCUT2D eigenvalue weighted by molar-refractivity contribution is -0.119. The van der Waals surface area contributed by atoms with Crippen LogP contribution in [-0.2, 0) is 9.53 Å². The van der Waals surface area contributed by atoms with Crippen molar-refractivity contribution in [2.24, 2.45) is 0 Å². The Balaban J connectivity index is 1.59. The van der Waals surface area contributed by atoms with Crippen molar-refractivity contribution in [1.29, 1.82) is 0 Å². The first kappa shape index (κ1) is 26.6. The maximum absolute atomic E-state index is 14.0. The molecule has 0 aliphatic carbocycles. The van der Waals surface area contributed by atoms with Crippen LogP contribution in [0.5, 0.6) is 5.75 Å². The highest BCUT2D eigenvalue weighted by Crippen LogP contribution is 2.31. The van der Waals surface area contributed by atoms with Gasteiger partial charge in [0.1, 0.15) is 10.4 Å². The summed E-state index contributed by atoms with van der Waals surface area (Å²) >= 11 is 8.16. The van der Waals surface area contributed by atoms with Gasteiger partial charge in [-0.2, -0.15) is 0 Å². The highest BCUT2D eigenvalue weighted by molar-refractivity contribution is 7.99. The van der Waals surface area contributed by atoms with Crippen LogP contribution < -0.4 is 15.6 Å². The summed E-state index contributed by atoms with van der Waals surface area (Å²) in [6.07, 6.45) is 2.02. The van der Waals surface area contributed by atoms with Crippen molar-refractivity contribution in [1.82, 2.24) is 19.4 Å². The van der Waals surface area contributed by atoms with Crippen LogP contribution >= 0.6 is 35.3 Å². The molecule has 5 rings (SSSR count). The molecule has 1 atom stereocenters. The van der Waals surface area contributed by atoms with E-state index in [1.54, 1.807) is 9.13 Å². The van der Waals surface area contributed by atoms with Crippen molar-refractivity contribution in [3.8, 4) is 17.1 Å². The second-order valence-corrected chi connectivity index (χ2v) is 11.4. The molecule has 2 aromatic carbocycles. The van der Waals surface area contributed by atoms with Crippen molar-refractivity contribution in [3.63, 3.8) is 0 Å². The minimum atomic E-state index is -0.227. The molecule has 1 fully saturated rings. The monoisotopic (exact) mass is 568 g/mol. The molecule has 1 N–H and O–H groups in total. The Bertz CT molecular complexity index is 1590. The maximum atomic E-state index is 14.0. The van der Waals surface area contributed by atoms with E-state index in [1.165, 1.54) is 23.1 Å². The fourth-order valence-electron chi connectivity index (χ4n) is 4.41.